The number of ether oxygens (including phenoxy) is 1. The zero-order chi connectivity index (χ0) is 12.8. The van der Waals surface area contributed by atoms with Gasteiger partial charge < -0.3 is 15.4 Å². The van der Waals surface area contributed by atoms with Gasteiger partial charge in [0, 0.05) is 37.1 Å². The molecule has 1 rings (SSSR count). The van der Waals surface area contributed by atoms with Crippen LogP contribution in [0.1, 0.15) is 12.0 Å². The number of rotatable bonds is 5. The third kappa shape index (κ3) is 4.72. The van der Waals surface area contributed by atoms with E-state index >= 15 is 0 Å². The Hall–Kier alpha value is -0.970. The molecule has 0 heterocycles. The molecule has 1 aromatic carbocycles. The molecule has 0 aromatic heterocycles. The monoisotopic (exact) mass is 292 g/mol. The summed E-state index contributed by atoms with van der Waals surface area (Å²) in [7, 11) is 3.33. The van der Waals surface area contributed by atoms with Crippen LogP contribution in [-0.2, 0) is 11.3 Å². The lowest BCUT2D eigenvalue weighted by Gasteiger charge is -2.18. The number of carbonyl (C=O) groups is 1. The number of halogens is 2. The maximum absolute atomic E-state index is 11.6. The van der Waals surface area contributed by atoms with E-state index < -0.39 is 0 Å². The van der Waals surface area contributed by atoms with Gasteiger partial charge >= 0.3 is 0 Å². The minimum atomic E-state index is 0. The lowest BCUT2D eigenvalue weighted by atomic mass is 10.2. The third-order valence-corrected chi connectivity index (χ3v) is 2.67. The van der Waals surface area contributed by atoms with E-state index in [9.17, 15) is 4.79 Å². The second kappa shape index (κ2) is 8.19. The maximum atomic E-state index is 11.6. The molecule has 0 saturated carbocycles. The SMILES string of the molecule is COc1ccc(Cl)cc1CN(C)C(=O)CCN.Cl. The summed E-state index contributed by atoms with van der Waals surface area (Å²) in [6, 6.07) is 5.34. The van der Waals surface area contributed by atoms with Gasteiger partial charge in [-0.1, -0.05) is 11.6 Å². The minimum Gasteiger partial charge on any atom is -0.496 e. The van der Waals surface area contributed by atoms with E-state index in [1.165, 1.54) is 0 Å². The summed E-state index contributed by atoms with van der Waals surface area (Å²) in [5.74, 6) is 0.733. The highest BCUT2D eigenvalue weighted by atomic mass is 35.5. The van der Waals surface area contributed by atoms with Gasteiger partial charge in [0.15, 0.2) is 0 Å². The molecule has 18 heavy (non-hydrogen) atoms. The van der Waals surface area contributed by atoms with Gasteiger partial charge in [-0.2, -0.15) is 0 Å². The van der Waals surface area contributed by atoms with Crippen molar-refractivity contribution in [3.63, 3.8) is 0 Å². The highest BCUT2D eigenvalue weighted by Crippen LogP contribution is 2.23. The van der Waals surface area contributed by atoms with Crippen LogP contribution < -0.4 is 10.5 Å². The second-order valence-electron chi connectivity index (χ2n) is 3.74. The van der Waals surface area contributed by atoms with Crippen LogP contribution in [0.4, 0.5) is 0 Å². The Kier molecular flexibility index (Phi) is 7.75. The molecule has 0 spiro atoms. The largest absolute Gasteiger partial charge is 0.496 e. The van der Waals surface area contributed by atoms with E-state index in [0.29, 0.717) is 24.5 Å². The van der Waals surface area contributed by atoms with Crippen LogP contribution in [0.2, 0.25) is 5.02 Å². The van der Waals surface area contributed by atoms with Crippen LogP contribution in [-0.4, -0.2) is 31.5 Å². The normalized spacial score (nSPS) is 9.56. The Bertz CT molecular complexity index is 400. The molecule has 0 aliphatic carbocycles. The Morgan fingerprint density at radius 3 is 2.72 bits per heavy atom. The van der Waals surface area contributed by atoms with Crippen LogP contribution in [0.3, 0.4) is 0 Å². The molecule has 102 valence electrons. The zero-order valence-electron chi connectivity index (χ0n) is 10.5. The first-order chi connectivity index (χ1) is 8.08. The molecular weight excluding hydrogens is 275 g/mol. The first-order valence-electron chi connectivity index (χ1n) is 5.35. The molecule has 0 aliphatic heterocycles. The Morgan fingerprint density at radius 2 is 2.17 bits per heavy atom. The molecule has 0 radical (unpaired) electrons. The van der Waals surface area contributed by atoms with E-state index in [-0.39, 0.29) is 18.3 Å². The summed E-state index contributed by atoms with van der Waals surface area (Å²) < 4.78 is 5.22. The van der Waals surface area contributed by atoms with Crippen molar-refractivity contribution in [2.75, 3.05) is 20.7 Å². The summed E-state index contributed by atoms with van der Waals surface area (Å²) in [4.78, 5) is 13.2. The summed E-state index contributed by atoms with van der Waals surface area (Å²) in [6.45, 7) is 0.818. The number of nitrogens with zero attached hydrogens (tertiary/aromatic N) is 1. The third-order valence-electron chi connectivity index (χ3n) is 2.43. The molecule has 0 aliphatic rings. The number of methoxy groups -OCH3 is 1. The van der Waals surface area contributed by atoms with E-state index in [1.807, 2.05) is 0 Å². The first kappa shape index (κ1) is 17.0. The van der Waals surface area contributed by atoms with E-state index in [0.717, 1.165) is 11.3 Å². The quantitative estimate of drug-likeness (QED) is 0.904. The first-order valence-corrected chi connectivity index (χ1v) is 5.72. The van der Waals surface area contributed by atoms with Gasteiger partial charge in [0.25, 0.3) is 0 Å². The average Bonchev–Trinajstić information content (AvgIpc) is 2.29. The summed E-state index contributed by atoms with van der Waals surface area (Å²) in [5.41, 5.74) is 6.23. The molecule has 6 heteroatoms. The van der Waals surface area contributed by atoms with Crippen LogP contribution >= 0.6 is 24.0 Å². The smallest absolute Gasteiger partial charge is 0.223 e. The Labute approximate surface area is 118 Å². The number of amides is 1. The van der Waals surface area contributed by atoms with Gasteiger partial charge in [-0.15, -0.1) is 12.4 Å². The fourth-order valence-electron chi connectivity index (χ4n) is 1.53. The highest BCUT2D eigenvalue weighted by molar-refractivity contribution is 6.30. The summed E-state index contributed by atoms with van der Waals surface area (Å²) in [5, 5.41) is 0.625. The summed E-state index contributed by atoms with van der Waals surface area (Å²) >= 11 is 5.92. The Balaban J connectivity index is 0.00000289. The van der Waals surface area contributed by atoms with Crippen molar-refractivity contribution in [2.24, 2.45) is 5.73 Å². The van der Waals surface area contributed by atoms with Crippen molar-refractivity contribution in [1.82, 2.24) is 4.90 Å². The van der Waals surface area contributed by atoms with E-state index in [1.54, 1.807) is 37.3 Å². The number of hydrogen-bond donors (Lipinski definition) is 1. The average molecular weight is 293 g/mol. The van der Waals surface area contributed by atoms with Crippen molar-refractivity contribution in [3.05, 3.63) is 28.8 Å². The van der Waals surface area contributed by atoms with E-state index in [2.05, 4.69) is 0 Å². The van der Waals surface area contributed by atoms with Crippen LogP contribution in [0.15, 0.2) is 18.2 Å². The molecule has 0 fully saturated rings. The van der Waals surface area contributed by atoms with Crippen molar-refractivity contribution in [1.29, 1.82) is 0 Å². The van der Waals surface area contributed by atoms with Crippen LogP contribution in [0, 0.1) is 0 Å². The minimum absolute atomic E-state index is 0. The zero-order valence-corrected chi connectivity index (χ0v) is 12.1. The van der Waals surface area contributed by atoms with Gasteiger partial charge in [-0.3, -0.25) is 4.79 Å². The Morgan fingerprint density at radius 1 is 1.50 bits per heavy atom. The lowest BCUT2D eigenvalue weighted by Crippen LogP contribution is -2.28. The van der Waals surface area contributed by atoms with Gasteiger partial charge in [-0.25, -0.2) is 0 Å². The predicted molar refractivity (Wildman–Crippen MR) is 75.4 cm³/mol. The maximum Gasteiger partial charge on any atom is 0.223 e. The second-order valence-corrected chi connectivity index (χ2v) is 4.18. The van der Waals surface area contributed by atoms with Gasteiger partial charge in [0.1, 0.15) is 5.75 Å². The fourth-order valence-corrected chi connectivity index (χ4v) is 1.72. The molecule has 2 N–H and O–H groups in total. The topological polar surface area (TPSA) is 55.6 Å². The summed E-state index contributed by atoms with van der Waals surface area (Å²) in [6.07, 6.45) is 0.347. The molecule has 0 unspecified atom stereocenters. The van der Waals surface area contributed by atoms with Gasteiger partial charge in [-0.05, 0) is 18.2 Å². The predicted octanol–water partition coefficient (Wildman–Crippen LogP) is 2.08. The van der Waals surface area contributed by atoms with Crippen LogP contribution in [0.5, 0.6) is 5.75 Å². The molecule has 1 aromatic rings. The standard InChI is InChI=1S/C12H17ClN2O2.ClH/c1-15(12(16)5-6-14)8-9-7-10(13)3-4-11(9)17-2;/h3-4,7H,5-6,8,14H2,1-2H3;1H. The number of nitrogens with two attached hydrogens (primary N) is 1. The number of benzene rings is 1. The number of carbonyl (C=O) groups excluding carboxylic acids is 1. The van der Waals surface area contributed by atoms with Gasteiger partial charge in [0.2, 0.25) is 5.91 Å². The van der Waals surface area contributed by atoms with Gasteiger partial charge in [0.05, 0.1) is 7.11 Å². The van der Waals surface area contributed by atoms with E-state index in [4.69, 9.17) is 22.1 Å². The van der Waals surface area contributed by atoms with Crippen LogP contribution in [0.25, 0.3) is 0 Å². The fraction of sp³-hybridized carbons (Fsp3) is 0.417. The molecule has 1 amide bonds. The van der Waals surface area contributed by atoms with Crippen molar-refractivity contribution in [2.45, 2.75) is 13.0 Å². The molecule has 4 nitrogen and oxygen atoms in total. The molecular formula is C12H18Cl2N2O2. The highest BCUT2D eigenvalue weighted by Gasteiger charge is 2.11. The lowest BCUT2D eigenvalue weighted by molar-refractivity contribution is -0.130. The molecule has 0 bridgehead atoms. The molecule has 0 saturated heterocycles. The van der Waals surface area contributed by atoms with Crippen molar-refractivity contribution < 1.29 is 9.53 Å². The van der Waals surface area contributed by atoms with Crippen molar-refractivity contribution >= 4 is 29.9 Å². The number of hydrogen-bond acceptors (Lipinski definition) is 3. The van der Waals surface area contributed by atoms with Crippen molar-refractivity contribution in [3.8, 4) is 5.75 Å². The molecule has 0 atom stereocenters.